The maximum atomic E-state index is 9.13. The molecule has 0 saturated carbocycles. The maximum absolute atomic E-state index is 9.13. The van der Waals surface area contributed by atoms with E-state index in [2.05, 4.69) is 31.3 Å². The van der Waals surface area contributed by atoms with Crippen LogP contribution in [0.25, 0.3) is 0 Å². The highest BCUT2D eigenvalue weighted by atomic mass is 16.5. The van der Waals surface area contributed by atoms with Gasteiger partial charge < -0.3 is 15.2 Å². The van der Waals surface area contributed by atoms with Crippen molar-refractivity contribution in [2.24, 2.45) is 0 Å². The third-order valence-corrected chi connectivity index (χ3v) is 2.77. The van der Waals surface area contributed by atoms with E-state index in [0.717, 1.165) is 24.3 Å². The summed E-state index contributed by atoms with van der Waals surface area (Å²) in [7, 11) is 0. The number of ether oxygens (including phenoxy) is 1. The summed E-state index contributed by atoms with van der Waals surface area (Å²) in [6.45, 7) is 7.81. The summed E-state index contributed by atoms with van der Waals surface area (Å²) in [5.41, 5.74) is 2.41. The lowest BCUT2D eigenvalue weighted by Gasteiger charge is -2.16. The molecule has 0 aliphatic rings. The van der Waals surface area contributed by atoms with Crippen molar-refractivity contribution in [1.29, 1.82) is 0 Å². The lowest BCUT2D eigenvalue weighted by Crippen LogP contribution is -2.33. The van der Waals surface area contributed by atoms with Crippen molar-refractivity contribution in [3.8, 4) is 5.75 Å². The van der Waals surface area contributed by atoms with Crippen molar-refractivity contribution in [2.45, 2.75) is 33.2 Å². The summed E-state index contributed by atoms with van der Waals surface area (Å²) in [5.74, 6) is 0.934. The number of aliphatic hydroxyl groups is 1. The summed E-state index contributed by atoms with van der Waals surface area (Å²) in [4.78, 5) is 0. The standard InChI is InChI=1S/C14H23NO2/c1-4-15-13(10-16)7-8-17-14-6-5-11(2)9-12(14)3/h5-6,9,13,15-16H,4,7-8,10H2,1-3H3. The minimum absolute atomic E-state index is 0.130. The number of benzene rings is 1. The van der Waals surface area contributed by atoms with E-state index in [1.165, 1.54) is 5.56 Å². The van der Waals surface area contributed by atoms with Gasteiger partial charge in [0.2, 0.25) is 0 Å². The fourth-order valence-corrected chi connectivity index (χ4v) is 1.82. The third kappa shape index (κ3) is 4.75. The molecule has 0 heterocycles. The van der Waals surface area contributed by atoms with E-state index in [4.69, 9.17) is 9.84 Å². The predicted octanol–water partition coefficient (Wildman–Crippen LogP) is 2.04. The average molecular weight is 237 g/mol. The smallest absolute Gasteiger partial charge is 0.122 e. The lowest BCUT2D eigenvalue weighted by molar-refractivity contribution is 0.210. The first kappa shape index (κ1) is 14.0. The topological polar surface area (TPSA) is 41.5 Å². The highest BCUT2D eigenvalue weighted by Gasteiger charge is 2.06. The zero-order valence-corrected chi connectivity index (χ0v) is 11.0. The molecular formula is C14H23NO2. The number of nitrogens with one attached hydrogen (secondary N) is 1. The minimum atomic E-state index is 0.130. The number of hydrogen-bond acceptors (Lipinski definition) is 3. The Kier molecular flexibility index (Phi) is 6.01. The van der Waals surface area contributed by atoms with Gasteiger partial charge in [-0.3, -0.25) is 0 Å². The molecule has 0 radical (unpaired) electrons. The third-order valence-electron chi connectivity index (χ3n) is 2.77. The summed E-state index contributed by atoms with van der Waals surface area (Å²) >= 11 is 0. The molecular weight excluding hydrogens is 214 g/mol. The first-order valence-electron chi connectivity index (χ1n) is 6.21. The van der Waals surface area contributed by atoms with Gasteiger partial charge in [-0.25, -0.2) is 0 Å². The van der Waals surface area contributed by atoms with Crippen LogP contribution >= 0.6 is 0 Å². The monoisotopic (exact) mass is 237 g/mol. The van der Waals surface area contributed by atoms with E-state index in [1.54, 1.807) is 0 Å². The van der Waals surface area contributed by atoms with E-state index in [9.17, 15) is 0 Å². The normalized spacial score (nSPS) is 12.5. The molecule has 0 spiro atoms. The van der Waals surface area contributed by atoms with Crippen molar-refractivity contribution >= 4 is 0 Å². The van der Waals surface area contributed by atoms with Gasteiger partial charge in [0.15, 0.2) is 0 Å². The van der Waals surface area contributed by atoms with Gasteiger partial charge in [-0.2, -0.15) is 0 Å². The molecule has 1 unspecified atom stereocenters. The highest BCUT2D eigenvalue weighted by molar-refractivity contribution is 5.35. The van der Waals surface area contributed by atoms with Gasteiger partial charge in [-0.05, 0) is 38.4 Å². The van der Waals surface area contributed by atoms with Crippen molar-refractivity contribution < 1.29 is 9.84 Å². The van der Waals surface area contributed by atoms with Crippen LogP contribution in [0.5, 0.6) is 5.75 Å². The van der Waals surface area contributed by atoms with Gasteiger partial charge in [-0.1, -0.05) is 24.6 Å². The van der Waals surface area contributed by atoms with Crippen LogP contribution < -0.4 is 10.1 Å². The van der Waals surface area contributed by atoms with E-state index < -0.39 is 0 Å². The SMILES string of the molecule is CCNC(CO)CCOc1ccc(C)cc1C. The molecule has 1 aromatic rings. The van der Waals surface area contributed by atoms with E-state index >= 15 is 0 Å². The van der Waals surface area contributed by atoms with Crippen LogP contribution in [0.1, 0.15) is 24.5 Å². The molecule has 3 nitrogen and oxygen atoms in total. The number of rotatable bonds is 7. The molecule has 0 amide bonds. The van der Waals surface area contributed by atoms with Crippen molar-refractivity contribution in [3.05, 3.63) is 29.3 Å². The molecule has 96 valence electrons. The van der Waals surface area contributed by atoms with E-state index in [0.29, 0.717) is 6.61 Å². The molecule has 2 N–H and O–H groups in total. The second kappa shape index (κ2) is 7.30. The second-order valence-electron chi connectivity index (χ2n) is 4.34. The summed E-state index contributed by atoms with van der Waals surface area (Å²) < 4.78 is 5.72. The fourth-order valence-electron chi connectivity index (χ4n) is 1.82. The van der Waals surface area contributed by atoms with Crippen LogP contribution in [0.2, 0.25) is 0 Å². The van der Waals surface area contributed by atoms with Crippen LogP contribution in [-0.4, -0.2) is 30.9 Å². The van der Waals surface area contributed by atoms with Gasteiger partial charge in [0.05, 0.1) is 13.2 Å². The van der Waals surface area contributed by atoms with Crippen LogP contribution in [0.15, 0.2) is 18.2 Å². The number of hydrogen-bond donors (Lipinski definition) is 2. The van der Waals surface area contributed by atoms with Crippen LogP contribution in [0.4, 0.5) is 0 Å². The molecule has 1 rings (SSSR count). The maximum Gasteiger partial charge on any atom is 0.122 e. The summed E-state index contributed by atoms with van der Waals surface area (Å²) in [6, 6.07) is 6.30. The Morgan fingerprint density at radius 2 is 2.12 bits per heavy atom. The molecule has 0 aromatic heterocycles. The Hall–Kier alpha value is -1.06. The fraction of sp³-hybridized carbons (Fsp3) is 0.571. The Morgan fingerprint density at radius 3 is 2.71 bits per heavy atom. The number of aryl methyl sites for hydroxylation is 2. The largest absolute Gasteiger partial charge is 0.493 e. The molecule has 3 heteroatoms. The van der Waals surface area contributed by atoms with Crippen molar-refractivity contribution in [1.82, 2.24) is 5.32 Å². The first-order valence-corrected chi connectivity index (χ1v) is 6.21. The van der Waals surface area contributed by atoms with Gasteiger partial charge in [-0.15, -0.1) is 0 Å². The molecule has 1 aromatic carbocycles. The van der Waals surface area contributed by atoms with Gasteiger partial charge in [0.1, 0.15) is 5.75 Å². The molecule has 0 aliphatic heterocycles. The molecule has 0 bridgehead atoms. The molecule has 0 saturated heterocycles. The quantitative estimate of drug-likeness (QED) is 0.762. The second-order valence-corrected chi connectivity index (χ2v) is 4.34. The number of aliphatic hydroxyl groups excluding tert-OH is 1. The van der Waals surface area contributed by atoms with Gasteiger partial charge in [0, 0.05) is 6.04 Å². The van der Waals surface area contributed by atoms with Crippen molar-refractivity contribution in [3.63, 3.8) is 0 Å². The molecule has 1 atom stereocenters. The molecule has 0 fully saturated rings. The van der Waals surface area contributed by atoms with E-state index in [1.807, 2.05) is 13.0 Å². The van der Waals surface area contributed by atoms with Crippen LogP contribution in [0.3, 0.4) is 0 Å². The zero-order chi connectivity index (χ0) is 12.7. The molecule has 0 aliphatic carbocycles. The van der Waals surface area contributed by atoms with Gasteiger partial charge in [0.25, 0.3) is 0 Å². The Labute approximate surface area is 104 Å². The average Bonchev–Trinajstić information content (AvgIpc) is 2.30. The summed E-state index contributed by atoms with van der Waals surface area (Å²) in [5, 5.41) is 12.3. The zero-order valence-electron chi connectivity index (χ0n) is 11.0. The van der Waals surface area contributed by atoms with Crippen molar-refractivity contribution in [2.75, 3.05) is 19.8 Å². The van der Waals surface area contributed by atoms with Gasteiger partial charge >= 0.3 is 0 Å². The van der Waals surface area contributed by atoms with Crippen LogP contribution in [-0.2, 0) is 0 Å². The Bertz CT molecular complexity index is 339. The lowest BCUT2D eigenvalue weighted by atomic mass is 10.1. The summed E-state index contributed by atoms with van der Waals surface area (Å²) in [6.07, 6.45) is 0.817. The predicted molar refractivity (Wildman–Crippen MR) is 70.6 cm³/mol. The van der Waals surface area contributed by atoms with Crippen LogP contribution in [0, 0.1) is 13.8 Å². The molecule has 17 heavy (non-hydrogen) atoms. The Morgan fingerprint density at radius 1 is 1.35 bits per heavy atom. The number of likely N-dealkylation sites (N-methyl/N-ethyl adjacent to an activating group) is 1. The minimum Gasteiger partial charge on any atom is -0.493 e. The highest BCUT2D eigenvalue weighted by Crippen LogP contribution is 2.18. The first-order chi connectivity index (χ1) is 8.17. The Balaban J connectivity index is 2.39. The van der Waals surface area contributed by atoms with E-state index in [-0.39, 0.29) is 12.6 Å².